The summed E-state index contributed by atoms with van der Waals surface area (Å²) in [4.78, 5) is 41.6. The van der Waals surface area contributed by atoms with E-state index in [2.05, 4.69) is 0 Å². The largest absolute Gasteiger partial charge is 0.550 e. The fraction of sp³-hybridized carbons (Fsp3) is 0.833. The molecule has 7 N–H and O–H groups in total. The van der Waals surface area contributed by atoms with Crippen molar-refractivity contribution in [3.8, 4) is 0 Å². The number of carboxylic acid groups (broad SMARTS) is 2. The van der Waals surface area contributed by atoms with Crippen LogP contribution >= 0.6 is 7.82 Å². The van der Waals surface area contributed by atoms with Gasteiger partial charge in [0.2, 0.25) is 0 Å². The molecule has 0 amide bonds. The second kappa shape index (κ2) is 12.3. The number of quaternary nitrogens is 1. The Bertz CT molecular complexity index is 409. The SMILES string of the molecule is CC(C)[C@H](N)C(=O)O.C[N+](C)(C)C[C@H](O)CC(=O)[O-].O=P(O)(O)O. The Kier molecular flexibility index (Phi) is 14.2. The van der Waals surface area contributed by atoms with E-state index >= 15 is 0 Å². The lowest BCUT2D eigenvalue weighted by Crippen LogP contribution is -2.43. The monoisotopic (exact) mass is 376 g/mol. The molecule has 0 unspecified atom stereocenters. The Balaban J connectivity index is -0.000000298. The van der Waals surface area contributed by atoms with Crippen molar-refractivity contribution >= 4 is 19.8 Å². The van der Waals surface area contributed by atoms with E-state index in [0.717, 1.165) is 0 Å². The second-order valence-corrected chi connectivity index (χ2v) is 7.35. The summed E-state index contributed by atoms with van der Waals surface area (Å²) in [6, 6.07) is -0.713. The Morgan fingerprint density at radius 1 is 1.17 bits per heavy atom. The molecule has 0 rings (SSSR count). The van der Waals surface area contributed by atoms with Crippen molar-refractivity contribution in [1.29, 1.82) is 0 Å². The highest BCUT2D eigenvalue weighted by Gasteiger charge is 2.15. The summed E-state index contributed by atoms with van der Waals surface area (Å²) in [5, 5.41) is 27.4. The Morgan fingerprint density at radius 3 is 1.62 bits per heavy atom. The molecule has 2 atom stereocenters. The van der Waals surface area contributed by atoms with E-state index in [-0.39, 0.29) is 12.3 Å². The molecule has 0 aliphatic carbocycles. The van der Waals surface area contributed by atoms with E-state index in [1.165, 1.54) is 0 Å². The van der Waals surface area contributed by atoms with E-state index in [4.69, 9.17) is 35.2 Å². The minimum atomic E-state index is -4.64. The maximum absolute atomic E-state index is 10.0. The van der Waals surface area contributed by atoms with Gasteiger partial charge < -0.3 is 45.0 Å². The summed E-state index contributed by atoms with van der Waals surface area (Å²) in [6.45, 7) is 3.98. The van der Waals surface area contributed by atoms with Gasteiger partial charge >= 0.3 is 13.8 Å². The molecule has 0 aliphatic heterocycles. The Hall–Kier alpha value is -1.07. The van der Waals surface area contributed by atoms with Crippen LogP contribution in [0.3, 0.4) is 0 Å². The molecule has 0 radical (unpaired) electrons. The van der Waals surface area contributed by atoms with Gasteiger partial charge in [-0.15, -0.1) is 0 Å². The highest BCUT2D eigenvalue weighted by molar-refractivity contribution is 7.45. The summed E-state index contributed by atoms with van der Waals surface area (Å²) in [7, 11) is 1.02. The molecule has 0 aromatic rings. The number of carboxylic acids is 2. The molecule has 0 aliphatic rings. The van der Waals surface area contributed by atoms with Crippen LogP contribution in [0, 0.1) is 5.92 Å². The standard InChI is InChI=1S/C7H15NO3.C5H11NO2.H3O4P/c1-8(2,3)5-6(9)4-7(10)11;1-3(2)4(6)5(7)8;1-5(2,3)4/h6,9H,4-5H2,1-3H3;3-4H,6H2,1-2H3,(H,7,8);(H3,1,2,3,4)/t6-;4-;/m10./s1. The van der Waals surface area contributed by atoms with Crippen LogP contribution < -0.4 is 10.8 Å². The third kappa shape index (κ3) is 32.8. The molecule has 24 heavy (non-hydrogen) atoms. The lowest BCUT2D eigenvalue weighted by molar-refractivity contribution is -0.873. The molecule has 0 saturated carbocycles. The van der Waals surface area contributed by atoms with Crippen LogP contribution in [0.2, 0.25) is 0 Å². The normalized spacial score (nSPS) is 13.8. The number of nitrogens with two attached hydrogens (primary N) is 1. The molecule has 12 heteroatoms. The average molecular weight is 376 g/mol. The number of likely N-dealkylation sites (N-methyl/N-ethyl adjacent to an activating group) is 1. The highest BCUT2D eigenvalue weighted by Crippen LogP contribution is 2.25. The predicted octanol–water partition coefficient (Wildman–Crippen LogP) is -2.68. The lowest BCUT2D eigenvalue weighted by atomic mass is 10.1. The van der Waals surface area contributed by atoms with E-state index in [1.54, 1.807) is 13.8 Å². The molecular formula is C12H29N2O9P. The molecule has 0 saturated heterocycles. The summed E-state index contributed by atoms with van der Waals surface area (Å²) < 4.78 is 9.43. The third-order valence-corrected chi connectivity index (χ3v) is 2.16. The fourth-order valence-corrected chi connectivity index (χ4v) is 1.17. The first-order valence-electron chi connectivity index (χ1n) is 6.81. The van der Waals surface area contributed by atoms with E-state index in [9.17, 15) is 14.7 Å². The first-order chi connectivity index (χ1) is 10.4. The zero-order chi connectivity index (χ0) is 20.3. The average Bonchev–Trinajstić information content (AvgIpc) is 2.21. The fourth-order valence-electron chi connectivity index (χ4n) is 1.17. The second-order valence-electron chi connectivity index (χ2n) is 6.32. The van der Waals surface area contributed by atoms with Crippen molar-refractivity contribution in [3.05, 3.63) is 0 Å². The number of nitrogens with zero attached hydrogens (tertiary/aromatic N) is 1. The maximum Gasteiger partial charge on any atom is 0.466 e. The van der Waals surface area contributed by atoms with E-state index in [1.807, 2.05) is 21.1 Å². The minimum Gasteiger partial charge on any atom is -0.550 e. The molecule has 0 heterocycles. The number of carbonyl (C=O) groups excluding carboxylic acids is 1. The van der Waals surface area contributed by atoms with Crippen LogP contribution in [0.15, 0.2) is 0 Å². The van der Waals surface area contributed by atoms with Gasteiger partial charge in [-0.25, -0.2) is 4.57 Å². The first-order valence-corrected chi connectivity index (χ1v) is 8.38. The summed E-state index contributed by atoms with van der Waals surface area (Å²) in [5.41, 5.74) is 5.16. The van der Waals surface area contributed by atoms with Crippen LogP contribution in [-0.2, 0) is 14.2 Å². The number of phosphoric acid groups is 1. The summed E-state index contributed by atoms with van der Waals surface area (Å²) in [5.74, 6) is -2.11. The third-order valence-electron chi connectivity index (χ3n) is 2.16. The molecular weight excluding hydrogens is 347 g/mol. The van der Waals surface area contributed by atoms with Crippen LogP contribution in [0.5, 0.6) is 0 Å². The van der Waals surface area contributed by atoms with Gasteiger partial charge in [0.15, 0.2) is 0 Å². The number of hydrogen-bond donors (Lipinski definition) is 6. The van der Waals surface area contributed by atoms with Crippen molar-refractivity contribution in [2.45, 2.75) is 32.4 Å². The van der Waals surface area contributed by atoms with Crippen LogP contribution in [-0.4, -0.2) is 81.1 Å². The number of rotatable bonds is 6. The topological polar surface area (TPSA) is 201 Å². The van der Waals surface area contributed by atoms with E-state index in [0.29, 0.717) is 11.0 Å². The quantitative estimate of drug-likeness (QED) is 0.209. The van der Waals surface area contributed by atoms with Crippen LogP contribution in [0.1, 0.15) is 20.3 Å². The summed E-state index contributed by atoms with van der Waals surface area (Å²) in [6.07, 6.45) is -1.09. The molecule has 0 aromatic heterocycles. The minimum absolute atomic E-state index is 0.0208. The predicted molar refractivity (Wildman–Crippen MR) is 83.2 cm³/mol. The zero-order valence-corrected chi connectivity index (χ0v) is 15.4. The molecule has 0 fully saturated rings. The van der Waals surface area contributed by atoms with Crippen molar-refractivity contribution in [2.75, 3.05) is 27.7 Å². The van der Waals surface area contributed by atoms with Crippen LogP contribution in [0.25, 0.3) is 0 Å². The number of aliphatic hydroxyl groups excluding tert-OH is 1. The van der Waals surface area contributed by atoms with Crippen molar-refractivity contribution in [3.63, 3.8) is 0 Å². The van der Waals surface area contributed by atoms with Gasteiger partial charge in [-0.3, -0.25) is 4.79 Å². The van der Waals surface area contributed by atoms with Gasteiger partial charge in [0.05, 0.1) is 21.1 Å². The smallest absolute Gasteiger partial charge is 0.466 e. The molecule has 0 spiro atoms. The van der Waals surface area contributed by atoms with Crippen molar-refractivity contribution < 1.29 is 48.6 Å². The van der Waals surface area contributed by atoms with Crippen molar-refractivity contribution in [2.24, 2.45) is 11.7 Å². The zero-order valence-electron chi connectivity index (χ0n) is 14.5. The van der Waals surface area contributed by atoms with Crippen molar-refractivity contribution in [1.82, 2.24) is 0 Å². The van der Waals surface area contributed by atoms with Gasteiger partial charge in [-0.1, -0.05) is 13.8 Å². The highest BCUT2D eigenvalue weighted by atomic mass is 31.2. The van der Waals surface area contributed by atoms with Gasteiger partial charge in [-0.2, -0.15) is 0 Å². The number of aliphatic carboxylic acids is 2. The first kappa shape index (κ1) is 27.8. The van der Waals surface area contributed by atoms with Gasteiger partial charge in [0, 0.05) is 12.4 Å². The van der Waals surface area contributed by atoms with Gasteiger partial charge in [0.25, 0.3) is 0 Å². The maximum atomic E-state index is 10.0. The number of carbonyl (C=O) groups is 2. The molecule has 0 aromatic carbocycles. The van der Waals surface area contributed by atoms with E-state index < -0.39 is 31.9 Å². The molecule has 0 bridgehead atoms. The Labute approximate surface area is 141 Å². The summed E-state index contributed by atoms with van der Waals surface area (Å²) >= 11 is 0. The Morgan fingerprint density at radius 2 is 1.50 bits per heavy atom. The van der Waals surface area contributed by atoms with Gasteiger partial charge in [0.1, 0.15) is 18.7 Å². The van der Waals surface area contributed by atoms with Gasteiger partial charge in [-0.05, 0) is 5.92 Å². The number of aliphatic hydroxyl groups is 1. The number of hydrogen-bond acceptors (Lipinski definition) is 6. The lowest BCUT2D eigenvalue weighted by Gasteiger charge is -2.26. The van der Waals surface area contributed by atoms with Crippen LogP contribution in [0.4, 0.5) is 0 Å². The molecule has 146 valence electrons. The molecule has 11 nitrogen and oxygen atoms in total.